The van der Waals surface area contributed by atoms with E-state index in [9.17, 15) is 19.5 Å². The molecule has 0 bridgehead atoms. The molecule has 2 amide bonds. The zero-order valence-electron chi connectivity index (χ0n) is 13.4. The van der Waals surface area contributed by atoms with Gasteiger partial charge in [0.05, 0.1) is 11.1 Å². The highest BCUT2D eigenvalue weighted by atomic mass is 16.5. The van der Waals surface area contributed by atoms with Crippen LogP contribution in [0.15, 0.2) is 54.6 Å². The van der Waals surface area contributed by atoms with Gasteiger partial charge >= 0.3 is 5.97 Å². The molecule has 6 heteroatoms. The van der Waals surface area contributed by atoms with Gasteiger partial charge in [0.25, 0.3) is 11.8 Å². The first-order valence-corrected chi connectivity index (χ1v) is 7.92. The van der Waals surface area contributed by atoms with Crippen LogP contribution in [-0.4, -0.2) is 40.4 Å². The van der Waals surface area contributed by atoms with Crippen molar-refractivity contribution < 1.29 is 24.2 Å². The van der Waals surface area contributed by atoms with E-state index in [4.69, 9.17) is 4.74 Å². The Morgan fingerprint density at radius 3 is 2.12 bits per heavy atom. The Bertz CT molecular complexity index is 767. The quantitative estimate of drug-likeness (QED) is 0.641. The van der Waals surface area contributed by atoms with Gasteiger partial charge in [0, 0.05) is 13.0 Å². The molecule has 1 N–H and O–H groups in total. The number of aliphatic hydroxyl groups excluding tert-OH is 1. The van der Waals surface area contributed by atoms with E-state index < -0.39 is 23.9 Å². The number of ether oxygens (including phenoxy) is 1. The number of carbonyl (C=O) groups is 3. The molecule has 0 aromatic heterocycles. The first-order valence-electron chi connectivity index (χ1n) is 7.92. The number of hydrogen-bond donors (Lipinski definition) is 1. The Morgan fingerprint density at radius 2 is 1.52 bits per heavy atom. The second-order valence-corrected chi connectivity index (χ2v) is 5.71. The Labute approximate surface area is 144 Å². The number of imide groups is 1. The van der Waals surface area contributed by atoms with Crippen LogP contribution in [0, 0.1) is 0 Å². The van der Waals surface area contributed by atoms with Crippen molar-refractivity contribution in [3.05, 3.63) is 71.3 Å². The lowest BCUT2D eigenvalue weighted by Crippen LogP contribution is -2.34. The van der Waals surface area contributed by atoms with Crippen molar-refractivity contribution in [2.24, 2.45) is 0 Å². The number of amides is 2. The highest BCUT2D eigenvalue weighted by molar-refractivity contribution is 6.21. The highest BCUT2D eigenvalue weighted by Crippen LogP contribution is 2.22. The molecule has 0 unspecified atom stereocenters. The molecule has 1 aliphatic rings. The molecule has 3 rings (SSSR count). The third kappa shape index (κ3) is 3.59. The van der Waals surface area contributed by atoms with E-state index in [2.05, 4.69) is 0 Å². The van der Waals surface area contributed by atoms with Gasteiger partial charge in [-0.25, -0.2) is 4.79 Å². The van der Waals surface area contributed by atoms with Gasteiger partial charge in [0.15, 0.2) is 6.10 Å². The molecule has 2 aromatic carbocycles. The molecule has 2 aromatic rings. The average molecular weight is 339 g/mol. The maximum Gasteiger partial charge on any atom is 0.335 e. The van der Waals surface area contributed by atoms with Crippen molar-refractivity contribution in [1.29, 1.82) is 0 Å². The third-order valence-corrected chi connectivity index (χ3v) is 4.00. The van der Waals surface area contributed by atoms with Crippen LogP contribution in [-0.2, 0) is 16.1 Å². The normalized spacial score (nSPS) is 14.4. The van der Waals surface area contributed by atoms with Crippen molar-refractivity contribution in [1.82, 2.24) is 4.90 Å². The molecule has 1 heterocycles. The van der Waals surface area contributed by atoms with Gasteiger partial charge in [-0.05, 0) is 17.7 Å². The Balaban J connectivity index is 1.52. The van der Waals surface area contributed by atoms with E-state index in [1.807, 2.05) is 18.2 Å². The van der Waals surface area contributed by atoms with Crippen molar-refractivity contribution >= 4 is 17.8 Å². The lowest BCUT2D eigenvalue weighted by atomic mass is 10.1. The number of nitrogens with zero attached hydrogens (tertiary/aromatic N) is 1. The Kier molecular flexibility index (Phi) is 4.90. The van der Waals surface area contributed by atoms with E-state index in [0.717, 1.165) is 10.5 Å². The number of benzene rings is 2. The molecular weight excluding hydrogens is 322 g/mol. The monoisotopic (exact) mass is 339 g/mol. The number of aliphatic hydroxyl groups is 1. The summed E-state index contributed by atoms with van der Waals surface area (Å²) in [6.07, 6.45) is -1.47. The van der Waals surface area contributed by atoms with Crippen molar-refractivity contribution in [3.63, 3.8) is 0 Å². The summed E-state index contributed by atoms with van der Waals surface area (Å²) >= 11 is 0. The number of esters is 1. The van der Waals surface area contributed by atoms with E-state index in [-0.39, 0.29) is 19.6 Å². The van der Waals surface area contributed by atoms with Crippen LogP contribution in [0.3, 0.4) is 0 Å². The minimum absolute atomic E-state index is 0.0477. The summed E-state index contributed by atoms with van der Waals surface area (Å²) in [5, 5.41) is 9.92. The molecule has 0 saturated heterocycles. The molecule has 128 valence electrons. The summed E-state index contributed by atoms with van der Waals surface area (Å²) in [5.74, 6) is -1.60. The summed E-state index contributed by atoms with van der Waals surface area (Å²) in [7, 11) is 0. The van der Waals surface area contributed by atoms with E-state index in [0.29, 0.717) is 11.1 Å². The molecule has 25 heavy (non-hydrogen) atoms. The smallest absolute Gasteiger partial charge is 0.335 e. The van der Waals surface area contributed by atoms with Gasteiger partial charge in [-0.1, -0.05) is 42.5 Å². The van der Waals surface area contributed by atoms with Gasteiger partial charge in [0.1, 0.15) is 6.61 Å². The van der Waals surface area contributed by atoms with Crippen LogP contribution < -0.4 is 0 Å². The molecule has 1 aliphatic heterocycles. The van der Waals surface area contributed by atoms with Crippen molar-refractivity contribution in [2.75, 3.05) is 6.54 Å². The van der Waals surface area contributed by atoms with E-state index in [1.54, 1.807) is 36.4 Å². The predicted octanol–water partition coefficient (Wildman–Crippen LogP) is 1.78. The predicted molar refractivity (Wildman–Crippen MR) is 88.7 cm³/mol. The maximum absolute atomic E-state index is 12.2. The fourth-order valence-electron chi connectivity index (χ4n) is 2.64. The van der Waals surface area contributed by atoms with Crippen LogP contribution in [0.25, 0.3) is 0 Å². The standard InChI is InChI=1S/C19H17NO5/c21-16(19(24)25-12-13-6-2-1-3-7-13)10-11-20-17(22)14-8-4-5-9-15(14)18(20)23/h1-9,16,21H,10-12H2/t16-/m0/s1. The zero-order chi connectivity index (χ0) is 17.8. The summed E-state index contributed by atoms with van der Waals surface area (Å²) in [5.41, 5.74) is 1.49. The number of rotatable bonds is 6. The number of fused-ring (bicyclic) bond motifs is 1. The summed E-state index contributed by atoms with van der Waals surface area (Å²) in [6, 6.07) is 15.6. The lowest BCUT2D eigenvalue weighted by Gasteiger charge is -2.16. The number of carbonyl (C=O) groups excluding carboxylic acids is 3. The number of hydrogen-bond acceptors (Lipinski definition) is 5. The molecule has 0 aliphatic carbocycles. The Morgan fingerprint density at radius 1 is 0.960 bits per heavy atom. The van der Waals surface area contributed by atoms with Gasteiger partial charge in [0.2, 0.25) is 0 Å². The molecule has 6 nitrogen and oxygen atoms in total. The molecule has 1 atom stereocenters. The van der Waals surface area contributed by atoms with Gasteiger partial charge in [-0.2, -0.15) is 0 Å². The third-order valence-electron chi connectivity index (χ3n) is 4.00. The van der Waals surface area contributed by atoms with Crippen LogP contribution in [0.4, 0.5) is 0 Å². The van der Waals surface area contributed by atoms with Gasteiger partial charge < -0.3 is 9.84 Å². The molecular formula is C19H17NO5. The second-order valence-electron chi connectivity index (χ2n) is 5.71. The van der Waals surface area contributed by atoms with Crippen molar-refractivity contribution in [2.45, 2.75) is 19.1 Å². The average Bonchev–Trinajstić information content (AvgIpc) is 2.89. The summed E-state index contributed by atoms with van der Waals surface area (Å²) in [4.78, 5) is 37.3. The van der Waals surface area contributed by atoms with Crippen LogP contribution in [0.5, 0.6) is 0 Å². The largest absolute Gasteiger partial charge is 0.459 e. The molecule has 0 fully saturated rings. The van der Waals surface area contributed by atoms with Crippen LogP contribution in [0.1, 0.15) is 32.7 Å². The maximum atomic E-state index is 12.2. The first-order chi connectivity index (χ1) is 12.1. The minimum atomic E-state index is -1.40. The minimum Gasteiger partial charge on any atom is -0.459 e. The fourth-order valence-corrected chi connectivity index (χ4v) is 2.64. The molecule has 0 radical (unpaired) electrons. The SMILES string of the molecule is O=C(OCc1ccccc1)[C@@H](O)CCN1C(=O)c2ccccc2C1=O. The zero-order valence-corrected chi connectivity index (χ0v) is 13.4. The van der Waals surface area contributed by atoms with E-state index >= 15 is 0 Å². The Hall–Kier alpha value is -2.99. The lowest BCUT2D eigenvalue weighted by molar-refractivity contribution is -0.155. The topological polar surface area (TPSA) is 83.9 Å². The van der Waals surface area contributed by atoms with Crippen LogP contribution in [0.2, 0.25) is 0 Å². The van der Waals surface area contributed by atoms with Gasteiger partial charge in [-0.3, -0.25) is 14.5 Å². The first kappa shape index (κ1) is 16.9. The molecule has 0 saturated carbocycles. The second kappa shape index (κ2) is 7.27. The summed E-state index contributed by atoms with van der Waals surface area (Å²) < 4.78 is 5.04. The summed E-state index contributed by atoms with van der Waals surface area (Å²) in [6.45, 7) is 0.0116. The van der Waals surface area contributed by atoms with Crippen LogP contribution >= 0.6 is 0 Å². The van der Waals surface area contributed by atoms with Gasteiger partial charge in [-0.15, -0.1) is 0 Å². The molecule has 0 spiro atoms. The highest BCUT2D eigenvalue weighted by Gasteiger charge is 2.35. The van der Waals surface area contributed by atoms with Crippen molar-refractivity contribution in [3.8, 4) is 0 Å². The fraction of sp³-hybridized carbons (Fsp3) is 0.211. The van der Waals surface area contributed by atoms with E-state index in [1.165, 1.54) is 0 Å².